The summed E-state index contributed by atoms with van der Waals surface area (Å²) in [6.07, 6.45) is 2.20. The predicted octanol–water partition coefficient (Wildman–Crippen LogP) is 2.93. The molecule has 0 saturated carbocycles. The lowest BCUT2D eigenvalue weighted by Gasteiger charge is -2.08. The van der Waals surface area contributed by atoms with E-state index >= 15 is 0 Å². The van der Waals surface area contributed by atoms with Crippen molar-refractivity contribution in [2.24, 2.45) is 5.92 Å². The highest BCUT2D eigenvalue weighted by molar-refractivity contribution is 6.06. The molecular formula is C20H23N3O3. The van der Waals surface area contributed by atoms with Crippen molar-refractivity contribution < 1.29 is 9.21 Å². The molecule has 1 N–H and O–H groups in total. The molecule has 2 heterocycles. The molecule has 3 rings (SSSR count). The highest BCUT2D eigenvalue weighted by Gasteiger charge is 2.22. The number of furan rings is 1. The first-order chi connectivity index (χ1) is 12.5. The number of nitrogens with one attached hydrogen (secondary N) is 1. The van der Waals surface area contributed by atoms with Gasteiger partial charge in [0.2, 0.25) is 5.71 Å². The number of hydrogen-bond acceptors (Lipinski definition) is 4. The second-order valence-corrected chi connectivity index (χ2v) is 6.80. The molecule has 3 aromatic rings. The molecule has 0 aliphatic rings. The van der Waals surface area contributed by atoms with Gasteiger partial charge in [0.25, 0.3) is 11.5 Å². The fraction of sp³-hybridized carbons (Fsp3) is 0.350. The number of aromatic nitrogens is 2. The Bertz CT molecular complexity index is 971. The molecule has 26 heavy (non-hydrogen) atoms. The average molecular weight is 353 g/mol. The van der Waals surface area contributed by atoms with Gasteiger partial charge in [0.15, 0.2) is 0 Å². The molecule has 6 nitrogen and oxygen atoms in total. The maximum atomic E-state index is 12.8. The Labute approximate surface area is 151 Å². The number of carbonyl (C=O) groups is 1. The maximum absolute atomic E-state index is 12.8. The van der Waals surface area contributed by atoms with Gasteiger partial charge in [0.1, 0.15) is 17.5 Å². The molecule has 0 fully saturated rings. The summed E-state index contributed by atoms with van der Waals surface area (Å²) in [5, 5.41) is 3.13. The smallest absolute Gasteiger partial charge is 0.265 e. The van der Waals surface area contributed by atoms with Crippen LogP contribution in [0.15, 0.2) is 45.9 Å². The third-order valence-corrected chi connectivity index (χ3v) is 4.19. The number of aryl methyl sites for hydroxylation is 1. The predicted molar refractivity (Wildman–Crippen MR) is 100 cm³/mol. The molecule has 0 bridgehead atoms. The van der Waals surface area contributed by atoms with E-state index in [9.17, 15) is 9.59 Å². The fourth-order valence-electron chi connectivity index (χ4n) is 2.99. The number of amides is 1. The minimum Gasteiger partial charge on any atom is -0.442 e. The first-order valence-electron chi connectivity index (χ1n) is 8.78. The molecule has 0 saturated heterocycles. The minimum absolute atomic E-state index is 0.209. The van der Waals surface area contributed by atoms with Crippen molar-refractivity contribution in [1.29, 1.82) is 0 Å². The topological polar surface area (TPSA) is 77.1 Å². The Morgan fingerprint density at radius 3 is 2.69 bits per heavy atom. The van der Waals surface area contributed by atoms with Crippen molar-refractivity contribution in [3.05, 3.63) is 63.9 Å². The summed E-state index contributed by atoms with van der Waals surface area (Å²) in [6.45, 7) is 6.75. The second-order valence-electron chi connectivity index (χ2n) is 6.80. The van der Waals surface area contributed by atoms with Crippen LogP contribution in [0.4, 0.5) is 0 Å². The van der Waals surface area contributed by atoms with Gasteiger partial charge >= 0.3 is 0 Å². The van der Waals surface area contributed by atoms with Gasteiger partial charge in [-0.15, -0.1) is 0 Å². The Morgan fingerprint density at radius 2 is 2.00 bits per heavy atom. The number of carbonyl (C=O) groups excluding carboxylic acids is 1. The van der Waals surface area contributed by atoms with Gasteiger partial charge < -0.3 is 9.73 Å². The molecule has 0 unspecified atom stereocenters. The number of nitrogens with zero attached hydrogens (tertiary/aromatic N) is 2. The van der Waals surface area contributed by atoms with Gasteiger partial charge in [-0.2, -0.15) is 0 Å². The van der Waals surface area contributed by atoms with E-state index in [2.05, 4.69) is 10.3 Å². The van der Waals surface area contributed by atoms with Crippen LogP contribution in [0, 0.1) is 12.8 Å². The molecule has 0 spiro atoms. The Morgan fingerprint density at radius 1 is 1.27 bits per heavy atom. The van der Waals surface area contributed by atoms with Gasteiger partial charge in [-0.05, 0) is 24.8 Å². The van der Waals surface area contributed by atoms with Gasteiger partial charge in [-0.3, -0.25) is 14.2 Å². The van der Waals surface area contributed by atoms with Gasteiger partial charge in [0.05, 0.1) is 5.56 Å². The molecule has 0 aliphatic carbocycles. The Hall–Kier alpha value is -2.89. The highest BCUT2D eigenvalue weighted by Crippen LogP contribution is 2.20. The summed E-state index contributed by atoms with van der Waals surface area (Å²) in [4.78, 5) is 29.7. The SMILES string of the molecule is Cc1oc2ncn(CC(C)C)c(=O)c2c1C(=O)NCCc1ccccc1. The van der Waals surface area contributed by atoms with Crippen molar-refractivity contribution in [2.75, 3.05) is 6.54 Å². The third-order valence-electron chi connectivity index (χ3n) is 4.19. The maximum Gasteiger partial charge on any atom is 0.265 e. The Balaban J connectivity index is 1.85. The van der Waals surface area contributed by atoms with Crippen LogP contribution in [-0.2, 0) is 13.0 Å². The monoisotopic (exact) mass is 353 g/mol. The Kier molecular flexibility index (Phi) is 5.21. The van der Waals surface area contributed by atoms with E-state index in [1.54, 1.807) is 6.92 Å². The zero-order chi connectivity index (χ0) is 18.7. The van der Waals surface area contributed by atoms with Crippen LogP contribution >= 0.6 is 0 Å². The summed E-state index contributed by atoms with van der Waals surface area (Å²) in [6, 6.07) is 9.91. The van der Waals surface area contributed by atoms with Crippen molar-refractivity contribution in [2.45, 2.75) is 33.7 Å². The highest BCUT2D eigenvalue weighted by atomic mass is 16.3. The second kappa shape index (κ2) is 7.56. The van der Waals surface area contributed by atoms with Crippen LogP contribution in [-0.4, -0.2) is 22.0 Å². The van der Waals surface area contributed by atoms with E-state index in [4.69, 9.17) is 4.42 Å². The van der Waals surface area contributed by atoms with Crippen molar-refractivity contribution in [3.8, 4) is 0 Å². The summed E-state index contributed by atoms with van der Waals surface area (Å²) in [7, 11) is 0. The fourth-order valence-corrected chi connectivity index (χ4v) is 2.99. The molecule has 6 heteroatoms. The van der Waals surface area contributed by atoms with Crippen LogP contribution in [0.5, 0.6) is 0 Å². The van der Waals surface area contributed by atoms with E-state index in [-0.39, 0.29) is 28.1 Å². The van der Waals surface area contributed by atoms with E-state index in [0.717, 1.165) is 12.0 Å². The van der Waals surface area contributed by atoms with E-state index in [1.807, 2.05) is 44.2 Å². The summed E-state index contributed by atoms with van der Waals surface area (Å²) in [5.74, 6) is 0.394. The van der Waals surface area contributed by atoms with E-state index in [0.29, 0.717) is 24.8 Å². The summed E-state index contributed by atoms with van der Waals surface area (Å²) < 4.78 is 7.07. The van der Waals surface area contributed by atoms with Crippen LogP contribution in [0.3, 0.4) is 0 Å². The number of fused-ring (bicyclic) bond motifs is 1. The molecule has 0 aliphatic heterocycles. The van der Waals surface area contributed by atoms with Crippen molar-refractivity contribution in [3.63, 3.8) is 0 Å². The quantitative estimate of drug-likeness (QED) is 0.739. The third kappa shape index (κ3) is 3.69. The lowest BCUT2D eigenvalue weighted by atomic mass is 10.1. The molecular weight excluding hydrogens is 330 g/mol. The molecule has 1 amide bonds. The minimum atomic E-state index is -0.307. The number of rotatable bonds is 6. The largest absolute Gasteiger partial charge is 0.442 e. The zero-order valence-corrected chi connectivity index (χ0v) is 15.3. The summed E-state index contributed by atoms with van der Waals surface area (Å²) in [5.41, 5.74) is 1.39. The molecule has 1 aromatic carbocycles. The van der Waals surface area contributed by atoms with E-state index < -0.39 is 0 Å². The first-order valence-corrected chi connectivity index (χ1v) is 8.78. The van der Waals surface area contributed by atoms with Crippen LogP contribution in [0.25, 0.3) is 11.1 Å². The summed E-state index contributed by atoms with van der Waals surface area (Å²) >= 11 is 0. The molecule has 0 atom stereocenters. The van der Waals surface area contributed by atoms with Crippen LogP contribution in [0.2, 0.25) is 0 Å². The van der Waals surface area contributed by atoms with Crippen LogP contribution in [0.1, 0.15) is 35.5 Å². The average Bonchev–Trinajstić information content (AvgIpc) is 2.95. The number of hydrogen-bond donors (Lipinski definition) is 1. The normalized spacial score (nSPS) is 11.2. The van der Waals surface area contributed by atoms with Crippen LogP contribution < -0.4 is 10.9 Å². The lowest BCUT2D eigenvalue weighted by molar-refractivity contribution is 0.0954. The number of benzene rings is 1. The standard InChI is InChI=1S/C20H23N3O3/c1-13(2)11-23-12-22-19-17(20(23)25)16(14(3)26-19)18(24)21-10-9-15-7-5-4-6-8-15/h4-8,12-13H,9-11H2,1-3H3,(H,21,24). The van der Waals surface area contributed by atoms with Gasteiger partial charge in [0, 0.05) is 13.1 Å². The first kappa shape index (κ1) is 17.9. The zero-order valence-electron chi connectivity index (χ0n) is 15.3. The van der Waals surface area contributed by atoms with E-state index in [1.165, 1.54) is 10.9 Å². The molecule has 136 valence electrons. The lowest BCUT2D eigenvalue weighted by Crippen LogP contribution is -2.28. The van der Waals surface area contributed by atoms with Gasteiger partial charge in [-0.25, -0.2) is 4.98 Å². The van der Waals surface area contributed by atoms with Crippen molar-refractivity contribution in [1.82, 2.24) is 14.9 Å². The molecule has 2 aromatic heterocycles. The molecule has 0 radical (unpaired) electrons. The van der Waals surface area contributed by atoms with Crippen molar-refractivity contribution >= 4 is 17.0 Å². The van der Waals surface area contributed by atoms with Gasteiger partial charge in [-0.1, -0.05) is 44.2 Å².